The zero-order valence-electron chi connectivity index (χ0n) is 12.9. The number of aryl methyl sites for hydroxylation is 2. The summed E-state index contributed by atoms with van der Waals surface area (Å²) in [5.74, 6) is 0.372. The fourth-order valence-electron chi connectivity index (χ4n) is 2.48. The molecule has 0 spiro atoms. The first-order valence-corrected chi connectivity index (χ1v) is 8.50. The van der Waals surface area contributed by atoms with E-state index in [1.807, 2.05) is 11.5 Å². The largest absolute Gasteiger partial charge is 0.353 e. The Hall–Kier alpha value is -1.41. The lowest BCUT2D eigenvalue weighted by atomic mass is 10.0. The number of sulfonamides is 1. The fourth-order valence-corrected chi connectivity index (χ4v) is 4.23. The van der Waals surface area contributed by atoms with Crippen molar-refractivity contribution in [3.8, 4) is 0 Å². The summed E-state index contributed by atoms with van der Waals surface area (Å²) in [6, 6.07) is 0. The van der Waals surface area contributed by atoms with Crippen molar-refractivity contribution >= 4 is 15.9 Å². The molecule has 0 aromatic carbocycles. The second-order valence-electron chi connectivity index (χ2n) is 5.71. The van der Waals surface area contributed by atoms with Gasteiger partial charge in [0.1, 0.15) is 11.4 Å². The Labute approximate surface area is 125 Å². The van der Waals surface area contributed by atoms with Crippen LogP contribution in [0.5, 0.6) is 0 Å². The van der Waals surface area contributed by atoms with Gasteiger partial charge in [-0.1, -0.05) is 6.92 Å². The van der Waals surface area contributed by atoms with Gasteiger partial charge in [0.05, 0.1) is 0 Å². The number of hydrogen-bond acceptors (Lipinski definition) is 4. The second-order valence-corrected chi connectivity index (χ2v) is 7.52. The standard InChI is InChI=1S/C13H22N4O3S/c1-5-7-16-9-11(15-10(16)2)21(19,20)17-8-6-14-12(18)13(17,3)4/h9H,5-8H2,1-4H3,(H,14,18). The van der Waals surface area contributed by atoms with Gasteiger partial charge in [0, 0.05) is 25.8 Å². The van der Waals surface area contributed by atoms with Crippen molar-refractivity contribution in [3.63, 3.8) is 0 Å². The Kier molecular flexibility index (Phi) is 4.12. The summed E-state index contributed by atoms with van der Waals surface area (Å²) in [7, 11) is -3.78. The quantitative estimate of drug-likeness (QED) is 0.877. The van der Waals surface area contributed by atoms with Gasteiger partial charge in [-0.3, -0.25) is 4.79 Å². The van der Waals surface area contributed by atoms with E-state index < -0.39 is 15.6 Å². The van der Waals surface area contributed by atoms with E-state index in [4.69, 9.17) is 0 Å². The number of carbonyl (C=O) groups excluding carboxylic acids is 1. The lowest BCUT2D eigenvalue weighted by Crippen LogP contribution is -2.63. The van der Waals surface area contributed by atoms with E-state index in [-0.39, 0.29) is 17.5 Å². The molecule has 1 aliphatic heterocycles. The van der Waals surface area contributed by atoms with E-state index in [0.29, 0.717) is 12.4 Å². The third-order valence-electron chi connectivity index (χ3n) is 3.75. The molecule has 21 heavy (non-hydrogen) atoms. The predicted molar refractivity (Wildman–Crippen MR) is 78.2 cm³/mol. The molecule has 0 saturated carbocycles. The molecule has 1 saturated heterocycles. The molecule has 0 unspecified atom stereocenters. The van der Waals surface area contributed by atoms with E-state index >= 15 is 0 Å². The maximum absolute atomic E-state index is 12.8. The number of nitrogens with one attached hydrogen (secondary N) is 1. The number of nitrogens with zero attached hydrogens (tertiary/aromatic N) is 3. The fraction of sp³-hybridized carbons (Fsp3) is 0.692. The summed E-state index contributed by atoms with van der Waals surface area (Å²) in [4.78, 5) is 16.1. The summed E-state index contributed by atoms with van der Waals surface area (Å²) in [6.45, 7) is 8.30. The molecule has 118 valence electrons. The van der Waals surface area contributed by atoms with Gasteiger partial charge < -0.3 is 9.88 Å². The van der Waals surface area contributed by atoms with Gasteiger partial charge in [-0.05, 0) is 27.2 Å². The van der Waals surface area contributed by atoms with Crippen molar-refractivity contribution < 1.29 is 13.2 Å². The third-order valence-corrected chi connectivity index (χ3v) is 5.70. The molecule has 0 radical (unpaired) electrons. The highest BCUT2D eigenvalue weighted by molar-refractivity contribution is 7.89. The highest BCUT2D eigenvalue weighted by Gasteiger charge is 2.45. The number of imidazole rings is 1. The van der Waals surface area contributed by atoms with Crippen LogP contribution in [0.3, 0.4) is 0 Å². The SMILES string of the molecule is CCCn1cc(S(=O)(=O)N2CCNC(=O)C2(C)C)nc1C. The number of amides is 1. The Morgan fingerprint density at radius 2 is 2.10 bits per heavy atom. The molecule has 7 nitrogen and oxygen atoms in total. The van der Waals surface area contributed by atoms with Gasteiger partial charge >= 0.3 is 0 Å². The van der Waals surface area contributed by atoms with Crippen LogP contribution in [0, 0.1) is 6.92 Å². The molecule has 1 fully saturated rings. The molecule has 0 atom stereocenters. The molecule has 1 aromatic heterocycles. The lowest BCUT2D eigenvalue weighted by Gasteiger charge is -2.39. The molecule has 0 aliphatic carbocycles. The Balaban J connectivity index is 2.42. The van der Waals surface area contributed by atoms with Crippen molar-refractivity contribution in [1.29, 1.82) is 0 Å². The van der Waals surface area contributed by atoms with Crippen LogP contribution in [-0.4, -0.2) is 46.8 Å². The van der Waals surface area contributed by atoms with Crippen LogP contribution in [0.25, 0.3) is 0 Å². The zero-order valence-corrected chi connectivity index (χ0v) is 13.7. The average Bonchev–Trinajstić information content (AvgIpc) is 2.75. The molecular weight excluding hydrogens is 292 g/mol. The van der Waals surface area contributed by atoms with Gasteiger partial charge in [0.2, 0.25) is 5.91 Å². The van der Waals surface area contributed by atoms with E-state index in [9.17, 15) is 13.2 Å². The number of rotatable bonds is 4. The second kappa shape index (κ2) is 5.42. The number of carbonyl (C=O) groups is 1. The Morgan fingerprint density at radius 3 is 2.71 bits per heavy atom. The first-order valence-electron chi connectivity index (χ1n) is 7.06. The van der Waals surface area contributed by atoms with E-state index in [1.165, 1.54) is 4.31 Å². The van der Waals surface area contributed by atoms with Gasteiger partial charge in [-0.15, -0.1) is 0 Å². The predicted octanol–water partition coefficient (Wildman–Crippen LogP) is 0.501. The minimum Gasteiger partial charge on any atom is -0.353 e. The van der Waals surface area contributed by atoms with Crippen LogP contribution < -0.4 is 5.32 Å². The molecule has 2 heterocycles. The molecule has 1 aliphatic rings. The minimum absolute atomic E-state index is 0.0104. The molecule has 1 aromatic rings. The maximum atomic E-state index is 12.8. The monoisotopic (exact) mass is 314 g/mol. The number of piperazine rings is 1. The van der Waals surface area contributed by atoms with Crippen molar-refractivity contribution in [2.45, 2.75) is 51.2 Å². The van der Waals surface area contributed by atoms with Gasteiger partial charge in [-0.25, -0.2) is 13.4 Å². The molecule has 1 amide bonds. The normalized spacial score (nSPS) is 19.5. The smallest absolute Gasteiger partial charge is 0.263 e. The minimum atomic E-state index is -3.78. The van der Waals surface area contributed by atoms with Crippen LogP contribution in [0.4, 0.5) is 0 Å². The summed E-state index contributed by atoms with van der Waals surface area (Å²) in [5, 5.41) is 2.70. The number of aromatic nitrogens is 2. The summed E-state index contributed by atoms with van der Waals surface area (Å²) in [6.07, 6.45) is 2.45. The zero-order chi connectivity index (χ0) is 15.8. The molecular formula is C13H22N4O3S. The maximum Gasteiger partial charge on any atom is 0.263 e. The first kappa shape index (κ1) is 16.0. The lowest BCUT2D eigenvalue weighted by molar-refractivity contribution is -0.131. The summed E-state index contributed by atoms with van der Waals surface area (Å²) in [5.41, 5.74) is -1.11. The summed E-state index contributed by atoms with van der Waals surface area (Å²) < 4.78 is 28.6. The first-order chi connectivity index (χ1) is 9.71. The van der Waals surface area contributed by atoms with E-state index in [0.717, 1.165) is 13.0 Å². The van der Waals surface area contributed by atoms with E-state index in [1.54, 1.807) is 27.0 Å². The summed E-state index contributed by atoms with van der Waals surface area (Å²) >= 11 is 0. The topological polar surface area (TPSA) is 84.3 Å². The van der Waals surface area contributed by atoms with Crippen LogP contribution in [0.15, 0.2) is 11.2 Å². The van der Waals surface area contributed by atoms with Crippen LogP contribution >= 0.6 is 0 Å². The van der Waals surface area contributed by atoms with Crippen LogP contribution in [0.1, 0.15) is 33.0 Å². The van der Waals surface area contributed by atoms with Gasteiger partial charge in [0.25, 0.3) is 10.0 Å². The highest BCUT2D eigenvalue weighted by atomic mass is 32.2. The van der Waals surface area contributed by atoms with Crippen LogP contribution in [0.2, 0.25) is 0 Å². The van der Waals surface area contributed by atoms with Gasteiger partial charge in [-0.2, -0.15) is 4.31 Å². The highest BCUT2D eigenvalue weighted by Crippen LogP contribution is 2.26. The van der Waals surface area contributed by atoms with Crippen molar-refractivity contribution in [3.05, 3.63) is 12.0 Å². The third kappa shape index (κ3) is 2.69. The van der Waals surface area contributed by atoms with Gasteiger partial charge in [0.15, 0.2) is 5.03 Å². The average molecular weight is 314 g/mol. The van der Waals surface area contributed by atoms with Crippen molar-refractivity contribution in [1.82, 2.24) is 19.2 Å². The van der Waals surface area contributed by atoms with Crippen molar-refractivity contribution in [2.24, 2.45) is 0 Å². The molecule has 0 bridgehead atoms. The Bertz CT molecular complexity index is 648. The van der Waals surface area contributed by atoms with Crippen molar-refractivity contribution in [2.75, 3.05) is 13.1 Å². The van der Waals surface area contributed by atoms with Crippen LogP contribution in [-0.2, 0) is 21.4 Å². The van der Waals surface area contributed by atoms with E-state index in [2.05, 4.69) is 10.3 Å². The Morgan fingerprint density at radius 1 is 1.43 bits per heavy atom. The number of hydrogen-bond donors (Lipinski definition) is 1. The molecule has 2 rings (SSSR count). The molecule has 1 N–H and O–H groups in total. The molecule has 8 heteroatoms.